The number of hydrogen-bond acceptors (Lipinski definition) is 1. The first-order chi connectivity index (χ1) is 6.54. The van der Waals surface area contributed by atoms with Gasteiger partial charge in [0.05, 0.1) is 13.7 Å². The zero-order valence-corrected chi connectivity index (χ0v) is 9.34. The Labute approximate surface area is 87.1 Å². The molecule has 0 N–H and O–H groups in total. The van der Waals surface area contributed by atoms with Gasteiger partial charge in [-0.05, 0) is 23.0 Å². The van der Waals surface area contributed by atoms with Gasteiger partial charge in [-0.25, -0.2) is 0 Å². The first-order valence-corrected chi connectivity index (χ1v) is 5.00. The van der Waals surface area contributed by atoms with Gasteiger partial charge in [0.2, 0.25) is 0 Å². The second kappa shape index (κ2) is 4.61. The molecule has 0 heterocycles. The van der Waals surface area contributed by atoms with Crippen molar-refractivity contribution in [1.82, 2.24) is 0 Å². The van der Waals surface area contributed by atoms with Gasteiger partial charge >= 0.3 is 0 Å². The lowest BCUT2D eigenvalue weighted by molar-refractivity contribution is 0.246. The van der Waals surface area contributed by atoms with Crippen molar-refractivity contribution < 1.29 is 4.74 Å². The summed E-state index contributed by atoms with van der Waals surface area (Å²) in [6.45, 7) is 7.36. The largest absolute Gasteiger partial charge is 0.379 e. The van der Waals surface area contributed by atoms with Crippen molar-refractivity contribution in [2.45, 2.75) is 32.6 Å². The molecular formula is C13H19O. The minimum absolute atomic E-state index is 0.237. The lowest BCUT2D eigenvalue weighted by Crippen LogP contribution is -2.10. The fraction of sp³-hybridized carbons (Fsp3) is 0.462. The molecule has 0 fully saturated rings. The highest BCUT2D eigenvalue weighted by Gasteiger charge is 2.12. The van der Waals surface area contributed by atoms with Gasteiger partial charge in [-0.2, -0.15) is 0 Å². The summed E-state index contributed by atoms with van der Waals surface area (Å²) in [5, 5.41) is 0. The maximum atomic E-state index is 4.79. The molecule has 14 heavy (non-hydrogen) atoms. The van der Waals surface area contributed by atoms with E-state index >= 15 is 0 Å². The first-order valence-electron chi connectivity index (χ1n) is 5.00. The van der Waals surface area contributed by atoms with Crippen molar-refractivity contribution in [3.05, 3.63) is 42.5 Å². The molecule has 0 unspecified atom stereocenters. The molecule has 0 spiro atoms. The minimum atomic E-state index is 0.237. The molecule has 0 saturated heterocycles. The number of rotatable bonds is 3. The standard InChI is InChI=1S/C13H19O/c1-13(2,3)12-7-5-11(6-8-12)9-10-14-4/h5-8H,4,9-10H2,1-3H3. The number of benzene rings is 1. The van der Waals surface area contributed by atoms with Gasteiger partial charge < -0.3 is 4.74 Å². The Morgan fingerprint density at radius 3 is 2.14 bits per heavy atom. The van der Waals surface area contributed by atoms with Crippen molar-refractivity contribution in [2.24, 2.45) is 0 Å². The van der Waals surface area contributed by atoms with Crippen LogP contribution in [-0.2, 0) is 16.6 Å². The van der Waals surface area contributed by atoms with Gasteiger partial charge in [0.25, 0.3) is 0 Å². The van der Waals surface area contributed by atoms with Crippen LogP contribution in [0.25, 0.3) is 0 Å². The van der Waals surface area contributed by atoms with E-state index in [9.17, 15) is 0 Å². The summed E-state index contributed by atoms with van der Waals surface area (Å²) in [4.78, 5) is 0. The van der Waals surface area contributed by atoms with Crippen molar-refractivity contribution in [3.63, 3.8) is 0 Å². The SMILES string of the molecule is [CH2]OCCc1ccc(C(C)(C)C)cc1. The minimum Gasteiger partial charge on any atom is -0.379 e. The van der Waals surface area contributed by atoms with Gasteiger partial charge in [-0.3, -0.25) is 0 Å². The van der Waals surface area contributed by atoms with Gasteiger partial charge in [-0.1, -0.05) is 45.0 Å². The van der Waals surface area contributed by atoms with Crippen LogP contribution in [0.15, 0.2) is 24.3 Å². The molecule has 1 rings (SSSR count). The molecule has 1 radical (unpaired) electrons. The Morgan fingerprint density at radius 2 is 1.71 bits per heavy atom. The molecule has 0 atom stereocenters. The third-order valence-corrected chi connectivity index (χ3v) is 2.36. The fourth-order valence-electron chi connectivity index (χ4n) is 1.36. The van der Waals surface area contributed by atoms with E-state index in [1.807, 2.05) is 0 Å². The number of ether oxygens (including phenoxy) is 1. The average molecular weight is 191 g/mol. The zero-order chi connectivity index (χ0) is 10.6. The van der Waals surface area contributed by atoms with E-state index in [0.29, 0.717) is 6.61 Å². The van der Waals surface area contributed by atoms with Gasteiger partial charge in [-0.15, -0.1) is 0 Å². The van der Waals surface area contributed by atoms with E-state index in [0.717, 1.165) is 6.42 Å². The van der Waals surface area contributed by atoms with Crippen LogP contribution >= 0.6 is 0 Å². The maximum Gasteiger partial charge on any atom is 0.0700 e. The summed E-state index contributed by atoms with van der Waals surface area (Å²) in [7, 11) is 3.36. The highest BCUT2D eigenvalue weighted by atomic mass is 16.5. The molecule has 1 aromatic rings. The molecule has 0 aliphatic carbocycles. The molecule has 0 saturated carbocycles. The number of hydrogen-bond donors (Lipinski definition) is 0. The summed E-state index contributed by atoms with van der Waals surface area (Å²) in [6.07, 6.45) is 0.938. The van der Waals surface area contributed by atoms with E-state index in [-0.39, 0.29) is 5.41 Å². The lowest BCUT2D eigenvalue weighted by Gasteiger charge is -2.19. The van der Waals surface area contributed by atoms with E-state index in [2.05, 4.69) is 52.1 Å². The molecule has 1 aromatic carbocycles. The smallest absolute Gasteiger partial charge is 0.0700 e. The molecule has 0 aliphatic rings. The Morgan fingerprint density at radius 1 is 1.14 bits per heavy atom. The molecule has 1 heteroatoms. The molecule has 0 bridgehead atoms. The van der Waals surface area contributed by atoms with Crippen molar-refractivity contribution in [3.8, 4) is 0 Å². The van der Waals surface area contributed by atoms with E-state index < -0.39 is 0 Å². The van der Waals surface area contributed by atoms with Gasteiger partial charge in [0.15, 0.2) is 0 Å². The third kappa shape index (κ3) is 3.15. The van der Waals surface area contributed by atoms with Crippen LogP contribution in [0.5, 0.6) is 0 Å². The van der Waals surface area contributed by atoms with Crippen LogP contribution in [-0.4, -0.2) is 6.61 Å². The predicted molar refractivity (Wildman–Crippen MR) is 60.2 cm³/mol. The lowest BCUT2D eigenvalue weighted by atomic mass is 9.86. The highest BCUT2D eigenvalue weighted by Crippen LogP contribution is 2.22. The van der Waals surface area contributed by atoms with Crippen molar-refractivity contribution in [2.75, 3.05) is 6.61 Å². The monoisotopic (exact) mass is 191 g/mol. The maximum absolute atomic E-state index is 4.79. The summed E-state index contributed by atoms with van der Waals surface area (Å²) in [6, 6.07) is 8.72. The summed E-state index contributed by atoms with van der Waals surface area (Å²) < 4.78 is 4.79. The Hall–Kier alpha value is -0.820. The Bertz CT molecular complexity index is 266. The van der Waals surface area contributed by atoms with Gasteiger partial charge in [0, 0.05) is 0 Å². The second-order valence-corrected chi connectivity index (χ2v) is 4.61. The molecule has 1 nitrogen and oxygen atoms in total. The van der Waals surface area contributed by atoms with Crippen LogP contribution in [0.4, 0.5) is 0 Å². The van der Waals surface area contributed by atoms with Crippen molar-refractivity contribution >= 4 is 0 Å². The quantitative estimate of drug-likeness (QED) is 0.712. The van der Waals surface area contributed by atoms with Crippen molar-refractivity contribution in [1.29, 1.82) is 0 Å². The van der Waals surface area contributed by atoms with E-state index in [4.69, 9.17) is 4.74 Å². The van der Waals surface area contributed by atoms with Crippen LogP contribution in [0.2, 0.25) is 0 Å². The topological polar surface area (TPSA) is 9.23 Å². The zero-order valence-electron chi connectivity index (χ0n) is 9.34. The first kappa shape index (κ1) is 11.3. The van der Waals surface area contributed by atoms with E-state index in [1.165, 1.54) is 11.1 Å². The molecule has 77 valence electrons. The third-order valence-electron chi connectivity index (χ3n) is 2.36. The molecule has 0 amide bonds. The normalized spacial score (nSPS) is 11.7. The highest BCUT2D eigenvalue weighted by molar-refractivity contribution is 5.27. The Balaban J connectivity index is 2.69. The molecule has 0 aromatic heterocycles. The Kier molecular flexibility index (Phi) is 3.70. The molecular weight excluding hydrogens is 172 g/mol. The van der Waals surface area contributed by atoms with Crippen LogP contribution in [0.3, 0.4) is 0 Å². The molecule has 0 aliphatic heterocycles. The van der Waals surface area contributed by atoms with Crippen LogP contribution in [0.1, 0.15) is 31.9 Å². The van der Waals surface area contributed by atoms with Gasteiger partial charge in [0.1, 0.15) is 0 Å². The summed E-state index contributed by atoms with van der Waals surface area (Å²) in [5.41, 5.74) is 2.92. The summed E-state index contributed by atoms with van der Waals surface area (Å²) >= 11 is 0. The average Bonchev–Trinajstić information content (AvgIpc) is 2.14. The summed E-state index contributed by atoms with van der Waals surface area (Å²) in [5.74, 6) is 0. The second-order valence-electron chi connectivity index (χ2n) is 4.61. The van der Waals surface area contributed by atoms with Crippen LogP contribution in [0, 0.1) is 7.11 Å². The predicted octanol–water partition coefficient (Wildman–Crippen LogP) is 3.33. The van der Waals surface area contributed by atoms with E-state index in [1.54, 1.807) is 0 Å². The fourth-order valence-corrected chi connectivity index (χ4v) is 1.36. The van der Waals surface area contributed by atoms with Crippen LogP contribution < -0.4 is 0 Å².